The fraction of sp³-hybridized carbons (Fsp3) is 0. The number of hydrogen-bond donors (Lipinski definition) is 1. The summed E-state index contributed by atoms with van der Waals surface area (Å²) in [5.74, 6) is 0. The first-order valence-electron chi connectivity index (χ1n) is 3.31. The van der Waals surface area contributed by atoms with Crippen molar-refractivity contribution in [3.05, 3.63) is 28.3 Å². The molecular weight excluding hydrogens is 232 g/mol. The summed E-state index contributed by atoms with van der Waals surface area (Å²) in [7, 11) is 1.07. The van der Waals surface area contributed by atoms with Crippen LogP contribution in [0.15, 0.2) is 23.1 Å². The van der Waals surface area contributed by atoms with Gasteiger partial charge in [0.05, 0.1) is 10.6 Å². The van der Waals surface area contributed by atoms with Gasteiger partial charge in [-0.25, -0.2) is 8.42 Å². The van der Waals surface area contributed by atoms with Crippen LogP contribution in [-0.2, 0) is 9.05 Å². The Kier molecular flexibility index (Phi) is 2.63. The Morgan fingerprint density at radius 1 is 1.43 bits per heavy atom. The summed E-state index contributed by atoms with van der Waals surface area (Å²) in [5, 5.41) is 10.3. The van der Waals surface area contributed by atoms with Crippen LogP contribution in [0.2, 0.25) is 0 Å². The minimum atomic E-state index is -3.95. The van der Waals surface area contributed by atoms with Crippen LogP contribution in [-0.4, -0.2) is 13.3 Å². The van der Waals surface area contributed by atoms with Gasteiger partial charge in [0, 0.05) is 22.8 Å². The second-order valence-electron chi connectivity index (χ2n) is 2.42. The maximum atomic E-state index is 10.9. The summed E-state index contributed by atoms with van der Waals surface area (Å²) in [6, 6.07) is 2.96. The number of nitrogens with zero attached hydrogens (tertiary/aromatic N) is 1. The number of nitrogens with two attached hydrogens (primary N) is 1. The average molecular weight is 237 g/mol. The van der Waals surface area contributed by atoms with E-state index in [4.69, 9.17) is 16.4 Å². The summed E-state index contributed by atoms with van der Waals surface area (Å²) in [5.41, 5.74) is 4.75. The van der Waals surface area contributed by atoms with Crippen molar-refractivity contribution < 1.29 is 13.3 Å². The van der Waals surface area contributed by atoms with Gasteiger partial charge >= 0.3 is 0 Å². The van der Waals surface area contributed by atoms with E-state index in [0.717, 1.165) is 18.2 Å². The number of halogens is 1. The molecule has 0 bridgehead atoms. The topological polar surface area (TPSA) is 103 Å². The maximum Gasteiger partial charge on any atom is 0.271 e. The number of hydrogen-bond acceptors (Lipinski definition) is 5. The zero-order valence-corrected chi connectivity index (χ0v) is 8.25. The van der Waals surface area contributed by atoms with Crippen molar-refractivity contribution in [3.8, 4) is 0 Å². The zero-order valence-electron chi connectivity index (χ0n) is 6.68. The Bertz CT molecular complexity index is 485. The summed E-state index contributed by atoms with van der Waals surface area (Å²) in [6.07, 6.45) is 0. The van der Waals surface area contributed by atoms with Crippen LogP contribution in [0, 0.1) is 10.1 Å². The average Bonchev–Trinajstić information content (AvgIpc) is 2.01. The molecule has 1 rings (SSSR count). The molecule has 0 radical (unpaired) electrons. The van der Waals surface area contributed by atoms with Crippen LogP contribution in [0.1, 0.15) is 0 Å². The van der Waals surface area contributed by atoms with Crippen molar-refractivity contribution in [1.29, 1.82) is 0 Å². The molecule has 0 aliphatic rings. The van der Waals surface area contributed by atoms with Gasteiger partial charge in [0.15, 0.2) is 0 Å². The number of anilines is 1. The zero-order chi connectivity index (χ0) is 10.9. The molecule has 0 saturated heterocycles. The number of non-ortho nitro benzene ring substituents is 1. The summed E-state index contributed by atoms with van der Waals surface area (Å²) in [6.45, 7) is 0. The van der Waals surface area contributed by atoms with Gasteiger partial charge in [0.25, 0.3) is 14.7 Å². The molecule has 0 aromatic heterocycles. The van der Waals surface area contributed by atoms with E-state index < -0.39 is 14.0 Å². The summed E-state index contributed by atoms with van der Waals surface area (Å²) < 4.78 is 21.7. The first-order valence-corrected chi connectivity index (χ1v) is 5.62. The van der Waals surface area contributed by atoms with E-state index in [0.29, 0.717) is 0 Å². The van der Waals surface area contributed by atoms with Crippen LogP contribution in [0.5, 0.6) is 0 Å². The Hall–Kier alpha value is -1.34. The van der Waals surface area contributed by atoms with Crippen LogP contribution in [0.25, 0.3) is 0 Å². The van der Waals surface area contributed by atoms with E-state index in [9.17, 15) is 18.5 Å². The van der Waals surface area contributed by atoms with Crippen LogP contribution in [0.4, 0.5) is 11.4 Å². The third-order valence-electron chi connectivity index (χ3n) is 1.47. The van der Waals surface area contributed by atoms with Crippen molar-refractivity contribution in [2.75, 3.05) is 5.73 Å². The molecule has 0 fully saturated rings. The highest BCUT2D eigenvalue weighted by molar-refractivity contribution is 8.13. The fourth-order valence-electron chi connectivity index (χ4n) is 0.871. The first-order chi connectivity index (χ1) is 6.32. The van der Waals surface area contributed by atoms with Gasteiger partial charge in [-0.05, 0) is 6.07 Å². The Balaban J connectivity index is 3.35. The number of nitro groups is 1. The summed E-state index contributed by atoms with van der Waals surface area (Å²) >= 11 is 0. The second-order valence-corrected chi connectivity index (χ2v) is 4.95. The van der Waals surface area contributed by atoms with Crippen LogP contribution >= 0.6 is 10.7 Å². The van der Waals surface area contributed by atoms with Crippen LogP contribution in [0.3, 0.4) is 0 Å². The first kappa shape index (κ1) is 10.7. The molecule has 0 spiro atoms. The molecule has 1 aromatic rings. The smallest absolute Gasteiger partial charge is 0.271 e. The molecule has 0 unspecified atom stereocenters. The minimum Gasteiger partial charge on any atom is -0.397 e. The molecule has 0 aliphatic carbocycles. The monoisotopic (exact) mass is 236 g/mol. The van der Waals surface area contributed by atoms with E-state index in [2.05, 4.69) is 0 Å². The quantitative estimate of drug-likeness (QED) is 0.358. The lowest BCUT2D eigenvalue weighted by Crippen LogP contribution is -1.99. The van der Waals surface area contributed by atoms with Crippen molar-refractivity contribution in [1.82, 2.24) is 0 Å². The number of nitrogen functional groups attached to an aromatic ring is 1. The highest BCUT2D eigenvalue weighted by atomic mass is 35.7. The van der Waals surface area contributed by atoms with Crippen molar-refractivity contribution in [3.63, 3.8) is 0 Å². The van der Waals surface area contributed by atoms with Gasteiger partial charge in [-0.3, -0.25) is 10.1 Å². The Morgan fingerprint density at radius 2 is 2.00 bits per heavy atom. The number of rotatable bonds is 2. The highest BCUT2D eigenvalue weighted by Gasteiger charge is 2.17. The largest absolute Gasteiger partial charge is 0.397 e. The van der Waals surface area contributed by atoms with E-state index >= 15 is 0 Å². The molecular formula is C6H5ClN2O4S. The molecule has 2 N–H and O–H groups in total. The van der Waals surface area contributed by atoms with Crippen LogP contribution < -0.4 is 5.73 Å². The maximum absolute atomic E-state index is 10.9. The Morgan fingerprint density at radius 3 is 2.36 bits per heavy atom. The van der Waals surface area contributed by atoms with Crippen molar-refractivity contribution in [2.24, 2.45) is 0 Å². The van der Waals surface area contributed by atoms with Crippen molar-refractivity contribution >= 4 is 31.1 Å². The fourth-order valence-corrected chi connectivity index (χ4v) is 1.86. The van der Waals surface area contributed by atoms with Gasteiger partial charge in [-0.2, -0.15) is 0 Å². The lowest BCUT2D eigenvalue weighted by molar-refractivity contribution is -0.384. The third-order valence-corrected chi connectivity index (χ3v) is 2.86. The molecule has 6 nitrogen and oxygen atoms in total. The predicted molar refractivity (Wildman–Crippen MR) is 50.5 cm³/mol. The standard InChI is InChI=1S/C6H5ClN2O4S/c7-14(12,13)6-2-1-4(9(10)11)3-5(6)8/h1-3H,8H2. The van der Waals surface area contributed by atoms with Gasteiger partial charge in [0.1, 0.15) is 4.90 Å². The van der Waals surface area contributed by atoms with E-state index in [1.165, 1.54) is 0 Å². The lowest BCUT2D eigenvalue weighted by atomic mass is 10.3. The van der Waals surface area contributed by atoms with Gasteiger partial charge in [-0.1, -0.05) is 0 Å². The molecule has 0 saturated carbocycles. The van der Waals surface area contributed by atoms with Crippen molar-refractivity contribution in [2.45, 2.75) is 4.90 Å². The van der Waals surface area contributed by atoms with Gasteiger partial charge in [-0.15, -0.1) is 0 Å². The predicted octanol–water partition coefficient (Wildman–Crippen LogP) is 1.10. The summed E-state index contributed by atoms with van der Waals surface area (Å²) in [4.78, 5) is 9.27. The highest BCUT2D eigenvalue weighted by Crippen LogP contribution is 2.26. The molecule has 0 heterocycles. The van der Waals surface area contributed by atoms with Gasteiger partial charge < -0.3 is 5.73 Å². The molecule has 8 heteroatoms. The number of nitro benzene ring substituents is 1. The normalized spacial score (nSPS) is 11.2. The SMILES string of the molecule is Nc1cc([N+](=O)[O-])ccc1S(=O)(=O)Cl. The molecule has 0 aliphatic heterocycles. The number of benzene rings is 1. The minimum absolute atomic E-state index is 0.241. The molecule has 0 atom stereocenters. The van der Waals surface area contributed by atoms with E-state index in [1.54, 1.807) is 0 Å². The van der Waals surface area contributed by atoms with E-state index in [1.807, 2.05) is 0 Å². The Labute approximate surface area is 83.9 Å². The van der Waals surface area contributed by atoms with E-state index in [-0.39, 0.29) is 16.3 Å². The molecule has 0 amide bonds. The second kappa shape index (κ2) is 3.43. The molecule has 14 heavy (non-hydrogen) atoms. The third kappa shape index (κ3) is 2.12. The molecule has 76 valence electrons. The molecule has 1 aromatic carbocycles. The van der Waals surface area contributed by atoms with Gasteiger partial charge in [0.2, 0.25) is 0 Å². The lowest BCUT2D eigenvalue weighted by Gasteiger charge is -2.00.